The summed E-state index contributed by atoms with van der Waals surface area (Å²) in [5, 5.41) is 0. The number of hydrogen-bond donors (Lipinski definition) is 0. The second-order valence-corrected chi connectivity index (χ2v) is 10.5. The topological polar surface area (TPSA) is 18.5 Å². The third-order valence-electron chi connectivity index (χ3n) is 8.17. The van der Waals surface area contributed by atoms with Gasteiger partial charge in [0.1, 0.15) is 5.75 Å². The van der Waals surface area contributed by atoms with Gasteiger partial charge in [-0.1, -0.05) is 44.7 Å². The maximum atomic E-state index is 14.7. The van der Waals surface area contributed by atoms with Gasteiger partial charge in [0.15, 0.2) is 17.4 Å². The van der Waals surface area contributed by atoms with E-state index in [-0.39, 0.29) is 0 Å². The van der Waals surface area contributed by atoms with E-state index >= 15 is 0 Å². The molecular weight excluding hydrogens is 494 g/mol. The summed E-state index contributed by atoms with van der Waals surface area (Å²) in [6.45, 7) is -1.21. The van der Waals surface area contributed by atoms with Gasteiger partial charge in [-0.15, -0.1) is 0 Å². The quantitative estimate of drug-likeness (QED) is 0.302. The molecule has 0 N–H and O–H groups in total. The van der Waals surface area contributed by atoms with Gasteiger partial charge in [-0.05, 0) is 79.9 Å². The molecule has 0 aromatic heterocycles. The summed E-state index contributed by atoms with van der Waals surface area (Å²) in [4.78, 5) is 0. The molecule has 0 heterocycles. The highest BCUT2D eigenvalue weighted by molar-refractivity contribution is 5.36. The Kier molecular flexibility index (Phi) is 8.96. The van der Waals surface area contributed by atoms with Gasteiger partial charge in [0, 0.05) is 12.1 Å². The lowest BCUT2D eigenvalue weighted by Gasteiger charge is -2.38. The summed E-state index contributed by atoms with van der Waals surface area (Å²) in [6.07, 6.45) is 8.50. The third kappa shape index (κ3) is 6.94. The minimum Gasteiger partial charge on any atom is -0.429 e. The van der Waals surface area contributed by atoms with Gasteiger partial charge < -0.3 is 9.47 Å². The maximum absolute atomic E-state index is 14.7. The first-order valence-electron chi connectivity index (χ1n) is 13.3. The predicted molar refractivity (Wildman–Crippen MR) is 129 cm³/mol. The van der Waals surface area contributed by atoms with E-state index in [9.17, 15) is 26.3 Å². The average Bonchev–Trinajstić information content (AvgIpc) is 2.87. The minimum atomic E-state index is -3.88. The molecule has 0 unspecified atom stereocenters. The van der Waals surface area contributed by atoms with Gasteiger partial charge in [-0.2, -0.15) is 17.6 Å². The lowest BCUT2D eigenvalue weighted by atomic mass is 9.68. The van der Waals surface area contributed by atoms with Gasteiger partial charge >= 0.3 is 12.7 Å². The fraction of sp³-hybridized carbons (Fsp3) is 0.586. The highest BCUT2D eigenvalue weighted by Gasteiger charge is 2.36. The van der Waals surface area contributed by atoms with Crippen molar-refractivity contribution in [2.75, 3.05) is 0 Å². The summed E-state index contributed by atoms with van der Waals surface area (Å²) in [6, 6.07) is 6.62. The molecule has 2 fully saturated rings. The predicted octanol–water partition coefficient (Wildman–Crippen LogP) is 9.57. The summed E-state index contributed by atoms with van der Waals surface area (Å²) in [5.41, 5.74) is 0.526. The Morgan fingerprint density at radius 2 is 1.38 bits per heavy atom. The molecule has 2 aromatic rings. The fourth-order valence-corrected chi connectivity index (χ4v) is 6.23. The van der Waals surface area contributed by atoms with Crippen LogP contribution in [-0.2, 0) is 6.11 Å². The zero-order valence-corrected chi connectivity index (χ0v) is 21.0. The molecule has 2 aliphatic rings. The van der Waals surface area contributed by atoms with E-state index in [0.29, 0.717) is 18.1 Å². The zero-order chi connectivity index (χ0) is 26.6. The standard InChI is InChI=1S/C29H34F6O2/c1-2-3-18-4-6-19(7-5-18)20-8-10-21(11-9-20)22-12-14-23(15-13-22)29(34,35)37-24-16-25(30)27(26(31)17-24)36-28(32)33/h12-21,28H,2-11H2,1H3/t18-,19-,20?,21?. The highest BCUT2D eigenvalue weighted by Crippen LogP contribution is 2.45. The van der Waals surface area contributed by atoms with Crippen LogP contribution in [0.2, 0.25) is 0 Å². The molecule has 204 valence electrons. The molecule has 8 heteroatoms. The zero-order valence-electron chi connectivity index (χ0n) is 21.0. The van der Waals surface area contributed by atoms with Crippen molar-refractivity contribution in [3.8, 4) is 11.5 Å². The van der Waals surface area contributed by atoms with Gasteiger partial charge in [-0.25, -0.2) is 8.78 Å². The summed E-state index contributed by atoms with van der Waals surface area (Å²) < 4.78 is 90.0. The molecule has 0 spiro atoms. The van der Waals surface area contributed by atoms with Gasteiger partial charge in [0.2, 0.25) is 0 Å². The second-order valence-electron chi connectivity index (χ2n) is 10.5. The minimum absolute atomic E-state index is 0.321. The highest BCUT2D eigenvalue weighted by atomic mass is 19.3. The van der Waals surface area contributed by atoms with Crippen LogP contribution in [0.1, 0.15) is 88.2 Å². The Bertz CT molecular complexity index is 987. The Morgan fingerprint density at radius 3 is 1.89 bits per heavy atom. The van der Waals surface area contributed by atoms with Crippen molar-refractivity contribution >= 4 is 0 Å². The number of halogens is 6. The van der Waals surface area contributed by atoms with E-state index in [1.165, 1.54) is 50.7 Å². The van der Waals surface area contributed by atoms with Gasteiger partial charge in [0.25, 0.3) is 0 Å². The average molecular weight is 529 g/mol. The first-order valence-corrected chi connectivity index (χ1v) is 13.3. The van der Waals surface area contributed by atoms with Crippen molar-refractivity contribution in [2.45, 2.75) is 89.8 Å². The van der Waals surface area contributed by atoms with Crippen molar-refractivity contribution < 1.29 is 35.8 Å². The van der Waals surface area contributed by atoms with Gasteiger partial charge in [-0.3, -0.25) is 0 Å². The number of hydrogen-bond acceptors (Lipinski definition) is 2. The molecular formula is C29H34F6O2. The van der Waals surface area contributed by atoms with Gasteiger partial charge in [0.05, 0.1) is 5.56 Å². The first kappa shape index (κ1) is 27.6. The molecule has 2 nitrogen and oxygen atoms in total. The Morgan fingerprint density at radius 1 is 0.838 bits per heavy atom. The Labute approximate surface area is 214 Å². The molecule has 0 radical (unpaired) electrons. The van der Waals surface area contributed by atoms with Crippen molar-refractivity contribution in [1.82, 2.24) is 0 Å². The van der Waals surface area contributed by atoms with Crippen molar-refractivity contribution in [1.29, 1.82) is 0 Å². The molecule has 2 saturated carbocycles. The first-order chi connectivity index (χ1) is 17.7. The molecule has 0 saturated heterocycles. The van der Waals surface area contributed by atoms with E-state index in [1.54, 1.807) is 12.1 Å². The van der Waals surface area contributed by atoms with E-state index < -0.39 is 41.4 Å². The molecule has 2 aromatic carbocycles. The molecule has 0 amide bonds. The smallest absolute Gasteiger partial charge is 0.426 e. The summed E-state index contributed by atoms with van der Waals surface area (Å²) in [7, 11) is 0. The Hall–Kier alpha value is -2.38. The second kappa shape index (κ2) is 12.0. The van der Waals surface area contributed by atoms with Crippen molar-refractivity contribution in [2.24, 2.45) is 17.8 Å². The normalized spacial score (nSPS) is 24.8. The fourth-order valence-electron chi connectivity index (χ4n) is 6.23. The van der Waals surface area contributed by atoms with Crippen molar-refractivity contribution in [3.63, 3.8) is 0 Å². The maximum Gasteiger partial charge on any atom is 0.426 e. The lowest BCUT2D eigenvalue weighted by Crippen LogP contribution is -2.25. The molecule has 37 heavy (non-hydrogen) atoms. The summed E-state index contributed by atoms with van der Waals surface area (Å²) >= 11 is 0. The van der Waals surface area contributed by atoms with Crippen LogP contribution in [0.25, 0.3) is 0 Å². The largest absolute Gasteiger partial charge is 0.429 e. The molecule has 0 bridgehead atoms. The van der Waals surface area contributed by atoms with Crippen LogP contribution in [0.5, 0.6) is 11.5 Å². The van der Waals surface area contributed by atoms with Crippen LogP contribution in [0, 0.1) is 29.4 Å². The van der Waals surface area contributed by atoms with E-state index in [2.05, 4.69) is 16.4 Å². The number of rotatable bonds is 9. The van der Waals surface area contributed by atoms with Crippen LogP contribution in [0.15, 0.2) is 36.4 Å². The molecule has 4 rings (SSSR count). The van der Waals surface area contributed by atoms with Crippen LogP contribution in [-0.4, -0.2) is 6.61 Å². The lowest BCUT2D eigenvalue weighted by molar-refractivity contribution is -0.185. The van der Waals surface area contributed by atoms with E-state index in [4.69, 9.17) is 0 Å². The third-order valence-corrected chi connectivity index (χ3v) is 8.17. The molecule has 0 atom stereocenters. The Balaban J connectivity index is 1.33. The summed E-state index contributed by atoms with van der Waals surface area (Å²) in [5.74, 6) is -2.53. The number of benzene rings is 2. The SMILES string of the molecule is CCC[C@H]1CC[C@H](C2CCC(c3ccc(C(F)(F)Oc4cc(F)c(OC(F)F)c(F)c4)cc3)CC2)CC1. The number of alkyl halides is 4. The van der Waals surface area contributed by atoms with Crippen LogP contribution >= 0.6 is 0 Å². The van der Waals surface area contributed by atoms with Crippen molar-refractivity contribution in [3.05, 3.63) is 59.2 Å². The van der Waals surface area contributed by atoms with Crippen LogP contribution in [0.4, 0.5) is 26.3 Å². The van der Waals surface area contributed by atoms with Crippen LogP contribution < -0.4 is 9.47 Å². The monoisotopic (exact) mass is 528 g/mol. The van der Waals surface area contributed by atoms with Crippen LogP contribution in [0.3, 0.4) is 0 Å². The van der Waals surface area contributed by atoms with E-state index in [0.717, 1.165) is 49.0 Å². The molecule has 2 aliphatic carbocycles. The molecule has 0 aliphatic heterocycles. The number of ether oxygens (including phenoxy) is 2. The van der Waals surface area contributed by atoms with E-state index in [1.807, 2.05) is 0 Å².